The maximum atomic E-state index is 12.0. The fourth-order valence-electron chi connectivity index (χ4n) is 3.14. The van der Waals surface area contributed by atoms with E-state index < -0.39 is 5.54 Å². The van der Waals surface area contributed by atoms with E-state index in [0.717, 1.165) is 31.7 Å². The molecule has 2 unspecified atom stereocenters. The third-order valence-corrected chi connectivity index (χ3v) is 4.84. The Kier molecular flexibility index (Phi) is 3.70. The smallest absolute Gasteiger partial charge is 0.240 e. The molecule has 104 valence electrons. The van der Waals surface area contributed by atoms with Gasteiger partial charge in [0.2, 0.25) is 5.91 Å². The Hall–Kier alpha value is -0.610. The lowest BCUT2D eigenvalue weighted by atomic mass is 9.75. The van der Waals surface area contributed by atoms with E-state index in [1.165, 1.54) is 19.3 Å². The molecule has 0 bridgehead atoms. The van der Waals surface area contributed by atoms with Crippen LogP contribution in [0.25, 0.3) is 0 Å². The molecular formula is C14H27N3O. The summed E-state index contributed by atoms with van der Waals surface area (Å²) in [7, 11) is 4.25. The van der Waals surface area contributed by atoms with Crippen molar-refractivity contribution in [3.05, 3.63) is 0 Å². The van der Waals surface area contributed by atoms with Gasteiger partial charge in [-0.2, -0.15) is 0 Å². The van der Waals surface area contributed by atoms with E-state index in [9.17, 15) is 4.79 Å². The Balaban J connectivity index is 1.95. The summed E-state index contributed by atoms with van der Waals surface area (Å²) in [4.78, 5) is 14.3. The van der Waals surface area contributed by atoms with Crippen LogP contribution < -0.4 is 11.1 Å². The highest BCUT2D eigenvalue weighted by Crippen LogP contribution is 2.36. The molecular weight excluding hydrogens is 226 g/mol. The predicted octanol–water partition coefficient (Wildman–Crippen LogP) is 1.10. The second kappa shape index (κ2) is 4.82. The standard InChI is InChI=1S/C14H27N3O/c1-11-5-4-6-13(9-11,17(2)3)10-16-12(18)14(15)7-8-14/h11H,4-10,15H2,1-3H3,(H,16,18). The molecule has 2 aliphatic rings. The van der Waals surface area contributed by atoms with Crippen LogP contribution in [0.4, 0.5) is 0 Å². The first-order valence-corrected chi connectivity index (χ1v) is 7.13. The van der Waals surface area contributed by atoms with Gasteiger partial charge in [-0.15, -0.1) is 0 Å². The topological polar surface area (TPSA) is 58.4 Å². The first kappa shape index (κ1) is 13.8. The van der Waals surface area contributed by atoms with Crippen LogP contribution in [0.2, 0.25) is 0 Å². The molecule has 0 radical (unpaired) electrons. The van der Waals surface area contributed by atoms with Crippen LogP contribution in [-0.4, -0.2) is 42.5 Å². The van der Waals surface area contributed by atoms with Crippen molar-refractivity contribution in [1.29, 1.82) is 0 Å². The van der Waals surface area contributed by atoms with Gasteiger partial charge in [0.05, 0.1) is 5.54 Å². The molecule has 18 heavy (non-hydrogen) atoms. The van der Waals surface area contributed by atoms with Gasteiger partial charge in [0.1, 0.15) is 0 Å². The van der Waals surface area contributed by atoms with Crippen molar-refractivity contribution in [3.8, 4) is 0 Å². The van der Waals surface area contributed by atoms with E-state index in [1.54, 1.807) is 0 Å². The van der Waals surface area contributed by atoms with Crippen LogP contribution in [0.15, 0.2) is 0 Å². The van der Waals surface area contributed by atoms with Crippen molar-refractivity contribution in [1.82, 2.24) is 10.2 Å². The van der Waals surface area contributed by atoms with Crippen LogP contribution in [0.1, 0.15) is 45.4 Å². The second-order valence-electron chi connectivity index (χ2n) is 6.66. The second-order valence-corrected chi connectivity index (χ2v) is 6.66. The van der Waals surface area contributed by atoms with Gasteiger partial charge in [0, 0.05) is 12.1 Å². The van der Waals surface area contributed by atoms with Gasteiger partial charge in [-0.3, -0.25) is 4.79 Å². The Labute approximate surface area is 110 Å². The maximum absolute atomic E-state index is 12.0. The van der Waals surface area contributed by atoms with Gasteiger partial charge in [0.15, 0.2) is 0 Å². The van der Waals surface area contributed by atoms with Gasteiger partial charge in [-0.05, 0) is 45.7 Å². The van der Waals surface area contributed by atoms with Crippen molar-refractivity contribution < 1.29 is 4.79 Å². The number of hydrogen-bond acceptors (Lipinski definition) is 3. The summed E-state index contributed by atoms with van der Waals surface area (Å²) in [5, 5.41) is 3.09. The van der Waals surface area contributed by atoms with Crippen LogP contribution in [0.3, 0.4) is 0 Å². The van der Waals surface area contributed by atoms with Gasteiger partial charge in [-0.25, -0.2) is 0 Å². The van der Waals surface area contributed by atoms with E-state index in [4.69, 9.17) is 5.73 Å². The van der Waals surface area contributed by atoms with Crippen LogP contribution >= 0.6 is 0 Å². The average Bonchev–Trinajstić information content (AvgIpc) is 3.05. The molecule has 2 saturated carbocycles. The van der Waals surface area contributed by atoms with Crippen molar-refractivity contribution in [2.75, 3.05) is 20.6 Å². The van der Waals surface area contributed by atoms with Crippen molar-refractivity contribution in [3.63, 3.8) is 0 Å². The van der Waals surface area contributed by atoms with Gasteiger partial charge >= 0.3 is 0 Å². The summed E-state index contributed by atoms with van der Waals surface area (Å²) in [6.07, 6.45) is 6.57. The van der Waals surface area contributed by atoms with Crippen molar-refractivity contribution in [2.24, 2.45) is 11.7 Å². The number of rotatable bonds is 4. The number of nitrogens with zero attached hydrogens (tertiary/aromatic N) is 1. The zero-order valence-corrected chi connectivity index (χ0v) is 12.0. The zero-order valence-electron chi connectivity index (χ0n) is 12.0. The quantitative estimate of drug-likeness (QED) is 0.789. The molecule has 0 aliphatic heterocycles. The fraction of sp³-hybridized carbons (Fsp3) is 0.929. The van der Waals surface area contributed by atoms with E-state index in [0.29, 0.717) is 0 Å². The summed E-state index contributed by atoms with van der Waals surface area (Å²) in [5.41, 5.74) is 5.50. The van der Waals surface area contributed by atoms with Crippen LogP contribution in [0.5, 0.6) is 0 Å². The van der Waals surface area contributed by atoms with E-state index in [2.05, 4.69) is 31.2 Å². The normalized spacial score (nSPS) is 34.4. The molecule has 2 fully saturated rings. The lowest BCUT2D eigenvalue weighted by Crippen LogP contribution is -2.57. The number of amides is 1. The molecule has 0 heterocycles. The Morgan fingerprint density at radius 3 is 2.56 bits per heavy atom. The lowest BCUT2D eigenvalue weighted by molar-refractivity contribution is -0.124. The van der Waals surface area contributed by atoms with E-state index in [1.807, 2.05) is 0 Å². The van der Waals surface area contributed by atoms with Crippen LogP contribution in [-0.2, 0) is 4.79 Å². The number of carbonyl (C=O) groups is 1. The number of carbonyl (C=O) groups excluding carboxylic acids is 1. The molecule has 0 aromatic heterocycles. The molecule has 1 amide bonds. The summed E-state index contributed by atoms with van der Waals surface area (Å²) in [5.74, 6) is 0.785. The largest absolute Gasteiger partial charge is 0.353 e. The van der Waals surface area contributed by atoms with E-state index in [-0.39, 0.29) is 11.4 Å². The highest BCUT2D eigenvalue weighted by Gasteiger charge is 2.47. The summed E-state index contributed by atoms with van der Waals surface area (Å²) < 4.78 is 0. The zero-order chi connectivity index (χ0) is 13.4. The number of likely N-dealkylation sites (N-methyl/N-ethyl adjacent to an activating group) is 1. The monoisotopic (exact) mass is 253 g/mol. The number of hydrogen-bond donors (Lipinski definition) is 2. The molecule has 0 spiro atoms. The predicted molar refractivity (Wildman–Crippen MR) is 73.2 cm³/mol. The Morgan fingerprint density at radius 1 is 1.39 bits per heavy atom. The fourth-order valence-corrected chi connectivity index (χ4v) is 3.14. The van der Waals surface area contributed by atoms with Gasteiger partial charge < -0.3 is 16.0 Å². The number of nitrogens with one attached hydrogen (secondary N) is 1. The van der Waals surface area contributed by atoms with Gasteiger partial charge in [0.25, 0.3) is 0 Å². The van der Waals surface area contributed by atoms with Crippen molar-refractivity contribution in [2.45, 2.75) is 56.5 Å². The molecule has 3 N–H and O–H groups in total. The number of nitrogens with two attached hydrogens (primary N) is 1. The molecule has 2 rings (SSSR count). The Bertz CT molecular complexity index is 325. The van der Waals surface area contributed by atoms with Crippen molar-refractivity contribution >= 4 is 5.91 Å². The molecule has 2 atom stereocenters. The summed E-state index contributed by atoms with van der Waals surface area (Å²) >= 11 is 0. The van der Waals surface area contributed by atoms with Crippen LogP contribution in [0, 0.1) is 5.92 Å². The average molecular weight is 253 g/mol. The molecule has 0 aromatic rings. The third-order valence-electron chi connectivity index (χ3n) is 4.84. The summed E-state index contributed by atoms with van der Waals surface area (Å²) in [6, 6.07) is 0. The maximum Gasteiger partial charge on any atom is 0.240 e. The molecule has 0 aromatic carbocycles. The highest BCUT2D eigenvalue weighted by atomic mass is 16.2. The minimum atomic E-state index is -0.548. The minimum Gasteiger partial charge on any atom is -0.353 e. The lowest BCUT2D eigenvalue weighted by Gasteiger charge is -2.45. The molecule has 2 aliphatic carbocycles. The summed E-state index contributed by atoms with van der Waals surface area (Å²) in [6.45, 7) is 3.05. The van der Waals surface area contributed by atoms with Gasteiger partial charge in [-0.1, -0.05) is 19.8 Å². The molecule has 4 heteroatoms. The third kappa shape index (κ3) is 2.69. The first-order valence-electron chi connectivity index (χ1n) is 7.13. The minimum absolute atomic E-state index is 0.0435. The highest BCUT2D eigenvalue weighted by molar-refractivity contribution is 5.89. The Morgan fingerprint density at radius 2 is 2.06 bits per heavy atom. The SMILES string of the molecule is CC1CCCC(CNC(=O)C2(N)CC2)(N(C)C)C1. The first-order chi connectivity index (χ1) is 8.38. The molecule has 4 nitrogen and oxygen atoms in total. The molecule has 0 saturated heterocycles. The van der Waals surface area contributed by atoms with E-state index >= 15 is 0 Å².